The molecule has 0 spiro atoms. The van der Waals surface area contributed by atoms with Crippen LogP contribution in [-0.4, -0.2) is 18.6 Å². The first kappa shape index (κ1) is 11.1. The molecule has 2 N–H and O–H groups in total. The maximum absolute atomic E-state index is 5.73. The van der Waals surface area contributed by atoms with E-state index in [1.807, 2.05) is 0 Å². The van der Waals surface area contributed by atoms with Gasteiger partial charge >= 0.3 is 0 Å². The Morgan fingerprint density at radius 3 is 2.35 bits per heavy atom. The highest BCUT2D eigenvalue weighted by Crippen LogP contribution is 2.40. The minimum Gasteiger partial charge on any atom is -0.365 e. The lowest BCUT2D eigenvalue weighted by atomic mass is 9.90. The van der Waals surface area contributed by atoms with Crippen molar-refractivity contribution in [2.24, 2.45) is 5.73 Å². The molecule has 2 saturated carbocycles. The molecule has 0 saturated heterocycles. The SMILES string of the molecule is NCCc1ccccc1N(C1CCC1)C1CC1. The molecule has 3 rings (SSSR count). The van der Waals surface area contributed by atoms with Gasteiger partial charge in [-0.3, -0.25) is 0 Å². The molecule has 0 unspecified atom stereocenters. The number of hydrogen-bond donors (Lipinski definition) is 1. The maximum Gasteiger partial charge on any atom is 0.0404 e. The summed E-state index contributed by atoms with van der Waals surface area (Å²) in [5, 5.41) is 0. The predicted octanol–water partition coefficient (Wildman–Crippen LogP) is 2.71. The zero-order valence-corrected chi connectivity index (χ0v) is 10.4. The molecule has 0 atom stereocenters. The third-order valence-corrected chi connectivity index (χ3v) is 4.09. The van der Waals surface area contributed by atoms with Gasteiger partial charge in [-0.05, 0) is 56.7 Å². The fourth-order valence-corrected chi connectivity index (χ4v) is 2.84. The minimum atomic E-state index is 0.750. The Kier molecular flexibility index (Phi) is 3.06. The number of nitrogens with two attached hydrogens (primary N) is 1. The molecule has 2 heteroatoms. The summed E-state index contributed by atoms with van der Waals surface area (Å²) in [4.78, 5) is 2.70. The number of benzene rings is 1. The van der Waals surface area contributed by atoms with Gasteiger partial charge in [-0.1, -0.05) is 18.2 Å². The summed E-state index contributed by atoms with van der Waals surface area (Å²) >= 11 is 0. The fraction of sp³-hybridized carbons (Fsp3) is 0.600. The number of rotatable bonds is 5. The number of anilines is 1. The van der Waals surface area contributed by atoms with Crippen LogP contribution < -0.4 is 10.6 Å². The molecule has 0 heterocycles. The topological polar surface area (TPSA) is 29.3 Å². The quantitative estimate of drug-likeness (QED) is 0.842. The molecule has 0 aromatic heterocycles. The summed E-state index contributed by atoms with van der Waals surface area (Å²) in [5.74, 6) is 0. The molecule has 17 heavy (non-hydrogen) atoms. The van der Waals surface area contributed by atoms with Gasteiger partial charge in [0, 0.05) is 17.8 Å². The van der Waals surface area contributed by atoms with Gasteiger partial charge < -0.3 is 10.6 Å². The molecule has 0 radical (unpaired) electrons. The molecule has 0 aliphatic heterocycles. The highest BCUT2D eigenvalue weighted by molar-refractivity contribution is 5.56. The van der Waals surface area contributed by atoms with Gasteiger partial charge in [-0.25, -0.2) is 0 Å². The molecule has 1 aromatic carbocycles. The van der Waals surface area contributed by atoms with Gasteiger partial charge in [-0.15, -0.1) is 0 Å². The van der Waals surface area contributed by atoms with Crippen LogP contribution in [0.2, 0.25) is 0 Å². The Morgan fingerprint density at radius 2 is 1.76 bits per heavy atom. The molecule has 2 aliphatic carbocycles. The molecular weight excluding hydrogens is 208 g/mol. The van der Waals surface area contributed by atoms with E-state index < -0.39 is 0 Å². The van der Waals surface area contributed by atoms with E-state index in [-0.39, 0.29) is 0 Å². The van der Waals surface area contributed by atoms with E-state index >= 15 is 0 Å². The van der Waals surface area contributed by atoms with Crippen molar-refractivity contribution in [1.82, 2.24) is 0 Å². The van der Waals surface area contributed by atoms with Crippen LogP contribution in [-0.2, 0) is 6.42 Å². The number of nitrogens with zero attached hydrogens (tertiary/aromatic N) is 1. The summed E-state index contributed by atoms with van der Waals surface area (Å²) < 4.78 is 0. The van der Waals surface area contributed by atoms with Crippen molar-refractivity contribution >= 4 is 5.69 Å². The molecule has 1 aromatic rings. The van der Waals surface area contributed by atoms with E-state index in [0.717, 1.165) is 25.0 Å². The average Bonchev–Trinajstić information content (AvgIpc) is 3.09. The van der Waals surface area contributed by atoms with Gasteiger partial charge in [0.2, 0.25) is 0 Å². The molecule has 2 aliphatic rings. The van der Waals surface area contributed by atoms with Crippen LogP contribution in [0.4, 0.5) is 5.69 Å². The van der Waals surface area contributed by atoms with Crippen molar-refractivity contribution in [2.75, 3.05) is 11.4 Å². The molecular formula is C15H22N2. The van der Waals surface area contributed by atoms with Crippen molar-refractivity contribution < 1.29 is 0 Å². The van der Waals surface area contributed by atoms with E-state index in [1.54, 1.807) is 0 Å². The number of hydrogen-bond acceptors (Lipinski definition) is 2. The largest absolute Gasteiger partial charge is 0.365 e. The lowest BCUT2D eigenvalue weighted by Gasteiger charge is -2.40. The average molecular weight is 230 g/mol. The standard InChI is InChI=1S/C15H22N2/c16-11-10-12-4-1-2-7-15(12)17(14-8-9-14)13-5-3-6-13/h1-2,4,7,13-14H,3,5-6,8-11,16H2. The van der Waals surface area contributed by atoms with E-state index in [0.29, 0.717) is 0 Å². The van der Waals surface area contributed by atoms with Crippen molar-refractivity contribution in [1.29, 1.82) is 0 Å². The van der Waals surface area contributed by atoms with Crippen LogP contribution in [0.3, 0.4) is 0 Å². The lowest BCUT2D eigenvalue weighted by Crippen LogP contribution is -2.42. The van der Waals surface area contributed by atoms with Crippen molar-refractivity contribution in [2.45, 2.75) is 50.6 Å². The molecule has 2 fully saturated rings. The molecule has 92 valence electrons. The highest BCUT2D eigenvalue weighted by Gasteiger charge is 2.37. The first-order chi connectivity index (χ1) is 8.40. The van der Waals surface area contributed by atoms with Crippen molar-refractivity contribution in [3.05, 3.63) is 29.8 Å². The summed E-state index contributed by atoms with van der Waals surface area (Å²) in [6, 6.07) is 10.5. The summed E-state index contributed by atoms with van der Waals surface area (Å²) in [7, 11) is 0. The smallest absolute Gasteiger partial charge is 0.0404 e. The third kappa shape index (κ3) is 2.19. The summed E-state index contributed by atoms with van der Waals surface area (Å²) in [6.45, 7) is 0.750. The van der Waals surface area contributed by atoms with E-state index in [1.165, 1.54) is 43.4 Å². The van der Waals surface area contributed by atoms with E-state index in [4.69, 9.17) is 5.73 Å². The monoisotopic (exact) mass is 230 g/mol. The van der Waals surface area contributed by atoms with Crippen LogP contribution in [0.15, 0.2) is 24.3 Å². The Labute approximate surface area is 104 Å². The van der Waals surface area contributed by atoms with Gasteiger partial charge in [0.05, 0.1) is 0 Å². The Balaban J connectivity index is 1.88. The van der Waals surface area contributed by atoms with Gasteiger partial charge in [-0.2, -0.15) is 0 Å². The van der Waals surface area contributed by atoms with Crippen LogP contribution in [0, 0.1) is 0 Å². The molecule has 2 nitrogen and oxygen atoms in total. The van der Waals surface area contributed by atoms with E-state index in [9.17, 15) is 0 Å². The minimum absolute atomic E-state index is 0.750. The molecule has 0 amide bonds. The lowest BCUT2D eigenvalue weighted by molar-refractivity contribution is 0.383. The number of para-hydroxylation sites is 1. The predicted molar refractivity (Wildman–Crippen MR) is 72.3 cm³/mol. The van der Waals surface area contributed by atoms with Crippen LogP contribution in [0.1, 0.15) is 37.7 Å². The first-order valence-electron chi connectivity index (χ1n) is 6.96. The summed E-state index contributed by atoms with van der Waals surface area (Å²) in [5.41, 5.74) is 8.63. The van der Waals surface area contributed by atoms with Gasteiger partial charge in [0.1, 0.15) is 0 Å². The normalized spacial score (nSPS) is 20.1. The third-order valence-electron chi connectivity index (χ3n) is 4.09. The zero-order chi connectivity index (χ0) is 11.7. The second kappa shape index (κ2) is 4.69. The zero-order valence-electron chi connectivity index (χ0n) is 10.4. The second-order valence-corrected chi connectivity index (χ2v) is 5.39. The van der Waals surface area contributed by atoms with Crippen LogP contribution in [0.5, 0.6) is 0 Å². The van der Waals surface area contributed by atoms with Gasteiger partial charge in [0.15, 0.2) is 0 Å². The van der Waals surface area contributed by atoms with Crippen molar-refractivity contribution in [3.8, 4) is 0 Å². The highest BCUT2D eigenvalue weighted by atomic mass is 15.2. The van der Waals surface area contributed by atoms with Crippen molar-refractivity contribution in [3.63, 3.8) is 0 Å². The van der Waals surface area contributed by atoms with Crippen LogP contribution in [0.25, 0.3) is 0 Å². The second-order valence-electron chi connectivity index (χ2n) is 5.39. The Hall–Kier alpha value is -1.02. The first-order valence-corrected chi connectivity index (χ1v) is 6.96. The Bertz CT molecular complexity index is 380. The van der Waals surface area contributed by atoms with Crippen LogP contribution >= 0.6 is 0 Å². The maximum atomic E-state index is 5.73. The Morgan fingerprint density at radius 1 is 1.06 bits per heavy atom. The molecule has 0 bridgehead atoms. The van der Waals surface area contributed by atoms with Gasteiger partial charge in [0.25, 0.3) is 0 Å². The van der Waals surface area contributed by atoms with E-state index in [2.05, 4.69) is 29.2 Å². The fourth-order valence-electron chi connectivity index (χ4n) is 2.84. The summed E-state index contributed by atoms with van der Waals surface area (Å²) in [6.07, 6.45) is 7.95.